The molecular formula is C11H24N2. The molecule has 0 spiro atoms. The van der Waals surface area contributed by atoms with Gasteiger partial charge in [0.05, 0.1) is 0 Å². The van der Waals surface area contributed by atoms with Crippen LogP contribution in [0.4, 0.5) is 0 Å². The van der Waals surface area contributed by atoms with Gasteiger partial charge in [-0.2, -0.15) is 0 Å². The molecule has 1 N–H and O–H groups in total. The molecule has 0 saturated carbocycles. The molecule has 0 amide bonds. The summed E-state index contributed by atoms with van der Waals surface area (Å²) in [6.07, 6.45) is 6.97. The van der Waals surface area contributed by atoms with E-state index in [4.69, 9.17) is 0 Å². The monoisotopic (exact) mass is 184 g/mol. The van der Waals surface area contributed by atoms with Gasteiger partial charge in [-0.25, -0.2) is 0 Å². The Morgan fingerprint density at radius 3 is 2.92 bits per heavy atom. The Bertz CT molecular complexity index is 125. The van der Waals surface area contributed by atoms with Gasteiger partial charge in [0.1, 0.15) is 0 Å². The van der Waals surface area contributed by atoms with Crippen molar-refractivity contribution in [2.24, 2.45) is 0 Å². The minimum Gasteiger partial charge on any atom is -0.320 e. The summed E-state index contributed by atoms with van der Waals surface area (Å²) in [6.45, 7) is 6.14. The highest BCUT2D eigenvalue weighted by molar-refractivity contribution is 4.71. The Balaban J connectivity index is 2.19. The Morgan fingerprint density at radius 1 is 1.31 bits per heavy atom. The molecule has 78 valence electrons. The average Bonchev–Trinajstić information content (AvgIpc) is 2.32. The SMILES string of the molecule is CNCCCN1CCCCCC1C. The number of rotatable bonds is 4. The molecule has 1 saturated heterocycles. The van der Waals surface area contributed by atoms with Crippen LogP contribution in [0, 0.1) is 0 Å². The van der Waals surface area contributed by atoms with Crippen LogP contribution in [0.3, 0.4) is 0 Å². The van der Waals surface area contributed by atoms with Gasteiger partial charge in [0.15, 0.2) is 0 Å². The zero-order chi connectivity index (χ0) is 9.52. The standard InChI is InChI=1S/C11H24N2/c1-11-7-4-3-5-9-13(11)10-6-8-12-2/h11-12H,3-10H2,1-2H3. The Kier molecular flexibility index (Phi) is 5.40. The highest BCUT2D eigenvalue weighted by Gasteiger charge is 2.15. The van der Waals surface area contributed by atoms with Crippen molar-refractivity contribution in [3.8, 4) is 0 Å². The molecule has 1 rings (SSSR count). The van der Waals surface area contributed by atoms with Crippen LogP contribution in [-0.2, 0) is 0 Å². The first-order valence-electron chi connectivity index (χ1n) is 5.73. The van der Waals surface area contributed by atoms with Gasteiger partial charge in [-0.05, 0) is 52.9 Å². The fraction of sp³-hybridized carbons (Fsp3) is 1.00. The van der Waals surface area contributed by atoms with Gasteiger partial charge >= 0.3 is 0 Å². The summed E-state index contributed by atoms with van der Waals surface area (Å²) in [4.78, 5) is 2.66. The lowest BCUT2D eigenvalue weighted by molar-refractivity contribution is 0.211. The van der Waals surface area contributed by atoms with Crippen LogP contribution in [0.1, 0.15) is 39.0 Å². The summed E-state index contributed by atoms with van der Waals surface area (Å²) < 4.78 is 0. The summed E-state index contributed by atoms with van der Waals surface area (Å²) >= 11 is 0. The van der Waals surface area contributed by atoms with E-state index in [0.717, 1.165) is 12.6 Å². The van der Waals surface area contributed by atoms with Gasteiger partial charge in [0, 0.05) is 6.04 Å². The summed E-state index contributed by atoms with van der Waals surface area (Å²) in [5, 5.41) is 3.21. The first-order chi connectivity index (χ1) is 6.34. The Morgan fingerprint density at radius 2 is 2.15 bits per heavy atom. The highest BCUT2D eigenvalue weighted by atomic mass is 15.1. The van der Waals surface area contributed by atoms with E-state index >= 15 is 0 Å². The maximum absolute atomic E-state index is 3.21. The Hall–Kier alpha value is -0.0800. The zero-order valence-electron chi connectivity index (χ0n) is 9.18. The molecule has 13 heavy (non-hydrogen) atoms. The maximum Gasteiger partial charge on any atom is 0.00669 e. The van der Waals surface area contributed by atoms with E-state index in [-0.39, 0.29) is 0 Å². The summed E-state index contributed by atoms with van der Waals surface area (Å²) in [5.74, 6) is 0. The molecule has 1 heterocycles. The van der Waals surface area contributed by atoms with Crippen molar-refractivity contribution in [1.29, 1.82) is 0 Å². The van der Waals surface area contributed by atoms with Gasteiger partial charge < -0.3 is 10.2 Å². The fourth-order valence-corrected chi connectivity index (χ4v) is 2.13. The van der Waals surface area contributed by atoms with Crippen LogP contribution >= 0.6 is 0 Å². The maximum atomic E-state index is 3.21. The topological polar surface area (TPSA) is 15.3 Å². The second kappa shape index (κ2) is 6.39. The summed E-state index contributed by atoms with van der Waals surface area (Å²) in [5.41, 5.74) is 0. The van der Waals surface area contributed by atoms with Gasteiger partial charge in [-0.15, -0.1) is 0 Å². The molecule has 2 nitrogen and oxygen atoms in total. The second-order valence-corrected chi connectivity index (χ2v) is 4.19. The normalized spacial score (nSPS) is 25.8. The molecule has 1 aliphatic rings. The molecule has 0 bridgehead atoms. The quantitative estimate of drug-likeness (QED) is 0.671. The highest BCUT2D eigenvalue weighted by Crippen LogP contribution is 2.15. The van der Waals surface area contributed by atoms with E-state index in [2.05, 4.69) is 17.1 Å². The van der Waals surface area contributed by atoms with Crippen LogP contribution in [0.25, 0.3) is 0 Å². The molecule has 1 atom stereocenters. The van der Waals surface area contributed by atoms with Crippen molar-refractivity contribution in [2.45, 2.75) is 45.1 Å². The second-order valence-electron chi connectivity index (χ2n) is 4.19. The predicted molar refractivity (Wildman–Crippen MR) is 58.0 cm³/mol. The predicted octanol–water partition coefficient (Wildman–Crippen LogP) is 1.86. The van der Waals surface area contributed by atoms with Crippen LogP contribution in [-0.4, -0.2) is 37.6 Å². The number of nitrogens with zero attached hydrogens (tertiary/aromatic N) is 1. The van der Waals surface area contributed by atoms with Crippen LogP contribution in [0.5, 0.6) is 0 Å². The van der Waals surface area contributed by atoms with Crippen molar-refractivity contribution in [1.82, 2.24) is 10.2 Å². The van der Waals surface area contributed by atoms with Crippen molar-refractivity contribution in [3.05, 3.63) is 0 Å². The molecule has 0 aromatic heterocycles. The number of hydrogen-bond acceptors (Lipinski definition) is 2. The van der Waals surface area contributed by atoms with E-state index < -0.39 is 0 Å². The number of likely N-dealkylation sites (tertiary alicyclic amines) is 1. The van der Waals surface area contributed by atoms with Crippen LogP contribution < -0.4 is 5.32 Å². The third kappa shape index (κ3) is 4.10. The molecule has 0 radical (unpaired) electrons. The van der Waals surface area contributed by atoms with E-state index in [9.17, 15) is 0 Å². The Labute approximate surface area is 82.7 Å². The van der Waals surface area contributed by atoms with Crippen LogP contribution in [0.2, 0.25) is 0 Å². The average molecular weight is 184 g/mol. The lowest BCUT2D eigenvalue weighted by Crippen LogP contribution is -2.34. The lowest BCUT2D eigenvalue weighted by atomic mass is 10.1. The number of hydrogen-bond donors (Lipinski definition) is 1. The van der Waals surface area contributed by atoms with Crippen molar-refractivity contribution in [3.63, 3.8) is 0 Å². The first kappa shape index (κ1) is 11.0. The van der Waals surface area contributed by atoms with Crippen molar-refractivity contribution >= 4 is 0 Å². The minimum atomic E-state index is 0.819. The van der Waals surface area contributed by atoms with Gasteiger partial charge in [-0.3, -0.25) is 0 Å². The molecule has 0 aromatic rings. The van der Waals surface area contributed by atoms with Crippen LogP contribution in [0.15, 0.2) is 0 Å². The van der Waals surface area contributed by atoms with E-state index in [1.807, 2.05) is 7.05 Å². The fourth-order valence-electron chi connectivity index (χ4n) is 2.13. The molecule has 0 aromatic carbocycles. The molecule has 1 fully saturated rings. The third-order valence-electron chi connectivity index (χ3n) is 3.06. The number of nitrogens with one attached hydrogen (secondary N) is 1. The molecule has 1 aliphatic heterocycles. The molecule has 1 unspecified atom stereocenters. The summed E-state index contributed by atoms with van der Waals surface area (Å²) in [6, 6.07) is 0.819. The van der Waals surface area contributed by atoms with Crippen molar-refractivity contribution in [2.75, 3.05) is 26.7 Å². The van der Waals surface area contributed by atoms with Gasteiger partial charge in [0.2, 0.25) is 0 Å². The lowest BCUT2D eigenvalue weighted by Gasteiger charge is -2.26. The molecular weight excluding hydrogens is 160 g/mol. The van der Waals surface area contributed by atoms with E-state index in [0.29, 0.717) is 0 Å². The van der Waals surface area contributed by atoms with Gasteiger partial charge in [-0.1, -0.05) is 12.8 Å². The molecule has 2 heteroatoms. The minimum absolute atomic E-state index is 0.819. The zero-order valence-corrected chi connectivity index (χ0v) is 9.18. The third-order valence-corrected chi connectivity index (χ3v) is 3.06. The van der Waals surface area contributed by atoms with Gasteiger partial charge in [0.25, 0.3) is 0 Å². The van der Waals surface area contributed by atoms with Crippen molar-refractivity contribution < 1.29 is 0 Å². The van der Waals surface area contributed by atoms with E-state index in [1.54, 1.807) is 0 Å². The molecule has 0 aliphatic carbocycles. The van der Waals surface area contributed by atoms with E-state index in [1.165, 1.54) is 45.2 Å². The summed E-state index contributed by atoms with van der Waals surface area (Å²) in [7, 11) is 2.03. The first-order valence-corrected chi connectivity index (χ1v) is 5.73. The largest absolute Gasteiger partial charge is 0.320 e. The smallest absolute Gasteiger partial charge is 0.00669 e.